The molecular formula is C17H20N4O3S. The summed E-state index contributed by atoms with van der Waals surface area (Å²) < 4.78 is 23.0. The molecule has 1 saturated heterocycles. The van der Waals surface area contributed by atoms with E-state index in [0.29, 0.717) is 17.9 Å². The van der Waals surface area contributed by atoms with Crippen LogP contribution in [0.3, 0.4) is 0 Å². The molecule has 1 amide bonds. The predicted molar refractivity (Wildman–Crippen MR) is 96.5 cm³/mol. The number of hydrogen-bond acceptors (Lipinski definition) is 6. The summed E-state index contributed by atoms with van der Waals surface area (Å²) in [7, 11) is -2.97. The van der Waals surface area contributed by atoms with Crippen molar-refractivity contribution in [3.05, 3.63) is 47.9 Å². The van der Waals surface area contributed by atoms with Crippen molar-refractivity contribution in [3.63, 3.8) is 0 Å². The second-order valence-electron chi connectivity index (χ2n) is 6.04. The molecule has 3 rings (SSSR count). The molecule has 7 nitrogen and oxygen atoms in total. The molecule has 132 valence electrons. The summed E-state index contributed by atoms with van der Waals surface area (Å²) in [4.78, 5) is 20.4. The Bertz CT molecular complexity index is 866. The van der Waals surface area contributed by atoms with Crippen LogP contribution in [0.2, 0.25) is 0 Å². The van der Waals surface area contributed by atoms with Crippen molar-refractivity contribution >= 4 is 27.2 Å². The maximum absolute atomic E-state index is 12.3. The predicted octanol–water partition coefficient (Wildman–Crippen LogP) is 1.89. The van der Waals surface area contributed by atoms with Gasteiger partial charge in [-0.3, -0.25) is 4.79 Å². The number of rotatable bonds is 5. The molecular weight excluding hydrogens is 340 g/mol. The summed E-state index contributed by atoms with van der Waals surface area (Å²) in [6.07, 6.45) is 2.77. The van der Waals surface area contributed by atoms with Gasteiger partial charge >= 0.3 is 0 Å². The van der Waals surface area contributed by atoms with Crippen LogP contribution in [0.15, 0.2) is 36.7 Å². The summed E-state index contributed by atoms with van der Waals surface area (Å²) >= 11 is 0. The zero-order valence-corrected chi connectivity index (χ0v) is 14.7. The van der Waals surface area contributed by atoms with Gasteiger partial charge in [0.25, 0.3) is 5.91 Å². The number of carbonyl (C=O) groups is 1. The maximum Gasteiger partial charge on any atom is 0.274 e. The van der Waals surface area contributed by atoms with Crippen molar-refractivity contribution in [1.29, 1.82) is 0 Å². The maximum atomic E-state index is 12.3. The number of hydrogen-bond donors (Lipinski definition) is 2. The van der Waals surface area contributed by atoms with E-state index in [-0.39, 0.29) is 29.1 Å². The fourth-order valence-electron chi connectivity index (χ4n) is 2.70. The SMILES string of the molecule is CCc1ccc(NC(=O)c2cc(NC3CCS(=O)(=O)C3)ncn2)cc1. The van der Waals surface area contributed by atoms with Crippen LogP contribution < -0.4 is 10.6 Å². The van der Waals surface area contributed by atoms with Crippen LogP contribution in [0.4, 0.5) is 11.5 Å². The molecule has 25 heavy (non-hydrogen) atoms. The van der Waals surface area contributed by atoms with Gasteiger partial charge in [0.15, 0.2) is 9.84 Å². The number of anilines is 2. The molecule has 1 aromatic carbocycles. The largest absolute Gasteiger partial charge is 0.366 e. The van der Waals surface area contributed by atoms with Gasteiger partial charge in [-0.05, 0) is 30.5 Å². The Morgan fingerprint density at radius 3 is 2.64 bits per heavy atom. The minimum atomic E-state index is -2.97. The van der Waals surface area contributed by atoms with Crippen LogP contribution in [0.25, 0.3) is 0 Å². The van der Waals surface area contributed by atoms with E-state index < -0.39 is 9.84 Å². The van der Waals surface area contributed by atoms with Gasteiger partial charge in [-0.1, -0.05) is 19.1 Å². The third kappa shape index (κ3) is 4.54. The first kappa shape index (κ1) is 17.3. The quantitative estimate of drug-likeness (QED) is 0.844. The second-order valence-corrected chi connectivity index (χ2v) is 8.27. The minimum Gasteiger partial charge on any atom is -0.366 e. The van der Waals surface area contributed by atoms with Gasteiger partial charge in [-0.15, -0.1) is 0 Å². The van der Waals surface area contributed by atoms with E-state index in [0.717, 1.165) is 6.42 Å². The number of benzene rings is 1. The first-order valence-electron chi connectivity index (χ1n) is 8.14. The Kier molecular flexibility index (Phi) is 4.98. The van der Waals surface area contributed by atoms with Gasteiger partial charge in [0.2, 0.25) is 0 Å². The van der Waals surface area contributed by atoms with E-state index in [2.05, 4.69) is 27.5 Å². The summed E-state index contributed by atoms with van der Waals surface area (Å²) in [5.74, 6) is 0.372. The molecule has 2 aromatic rings. The normalized spacial score (nSPS) is 18.7. The molecule has 0 saturated carbocycles. The molecule has 0 radical (unpaired) electrons. The first-order chi connectivity index (χ1) is 11.9. The number of nitrogens with zero attached hydrogens (tertiary/aromatic N) is 2. The van der Waals surface area contributed by atoms with Gasteiger partial charge in [0.05, 0.1) is 11.5 Å². The summed E-state index contributed by atoms with van der Waals surface area (Å²) in [5.41, 5.74) is 2.10. The lowest BCUT2D eigenvalue weighted by molar-refractivity contribution is 0.102. The van der Waals surface area contributed by atoms with E-state index >= 15 is 0 Å². The number of nitrogens with one attached hydrogen (secondary N) is 2. The lowest BCUT2D eigenvalue weighted by Gasteiger charge is -2.12. The minimum absolute atomic E-state index is 0.0856. The van der Waals surface area contributed by atoms with E-state index in [1.165, 1.54) is 18.0 Å². The van der Waals surface area contributed by atoms with E-state index in [1.807, 2.05) is 24.3 Å². The number of aromatic nitrogens is 2. The van der Waals surface area contributed by atoms with Crippen LogP contribution in [0.1, 0.15) is 29.4 Å². The fourth-order valence-corrected chi connectivity index (χ4v) is 4.37. The molecule has 1 atom stereocenters. The third-order valence-electron chi connectivity index (χ3n) is 4.10. The van der Waals surface area contributed by atoms with Gasteiger partial charge in [-0.25, -0.2) is 18.4 Å². The van der Waals surface area contributed by atoms with E-state index in [1.54, 1.807) is 0 Å². The van der Waals surface area contributed by atoms with Crippen molar-refractivity contribution < 1.29 is 13.2 Å². The Balaban J connectivity index is 1.66. The number of sulfone groups is 1. The monoisotopic (exact) mass is 360 g/mol. The van der Waals surface area contributed by atoms with Crippen LogP contribution in [0.5, 0.6) is 0 Å². The average Bonchev–Trinajstić information content (AvgIpc) is 2.94. The molecule has 1 aliphatic heterocycles. The average molecular weight is 360 g/mol. The Morgan fingerprint density at radius 2 is 2.00 bits per heavy atom. The third-order valence-corrected chi connectivity index (χ3v) is 5.87. The lowest BCUT2D eigenvalue weighted by Crippen LogP contribution is -2.22. The molecule has 1 aromatic heterocycles. The fraction of sp³-hybridized carbons (Fsp3) is 0.353. The standard InChI is InChI=1S/C17H20N4O3S/c1-2-12-3-5-13(6-4-12)21-17(22)15-9-16(19-11-18-15)20-14-7-8-25(23,24)10-14/h3-6,9,11,14H,2,7-8,10H2,1H3,(H,21,22)(H,18,19,20). The topological polar surface area (TPSA) is 101 Å². The molecule has 0 spiro atoms. The van der Waals surface area contributed by atoms with Crippen molar-refractivity contribution in [2.75, 3.05) is 22.1 Å². The summed E-state index contributed by atoms with van der Waals surface area (Å²) in [6.45, 7) is 2.07. The van der Waals surface area contributed by atoms with Crippen molar-refractivity contribution in [3.8, 4) is 0 Å². The highest BCUT2D eigenvalue weighted by molar-refractivity contribution is 7.91. The zero-order chi connectivity index (χ0) is 17.9. The van der Waals surface area contributed by atoms with Crippen molar-refractivity contribution in [1.82, 2.24) is 9.97 Å². The molecule has 1 aliphatic rings. The number of aryl methyl sites for hydroxylation is 1. The molecule has 1 unspecified atom stereocenters. The molecule has 8 heteroatoms. The van der Waals surface area contributed by atoms with E-state index in [4.69, 9.17) is 0 Å². The zero-order valence-electron chi connectivity index (χ0n) is 13.9. The van der Waals surface area contributed by atoms with Gasteiger partial charge in [-0.2, -0.15) is 0 Å². The highest BCUT2D eigenvalue weighted by atomic mass is 32.2. The van der Waals surface area contributed by atoms with E-state index in [9.17, 15) is 13.2 Å². The highest BCUT2D eigenvalue weighted by Gasteiger charge is 2.28. The van der Waals surface area contributed by atoms with Crippen LogP contribution in [-0.4, -0.2) is 41.8 Å². The number of amides is 1. The molecule has 0 bridgehead atoms. The Hall–Kier alpha value is -2.48. The number of carbonyl (C=O) groups excluding carboxylic acids is 1. The van der Waals surface area contributed by atoms with Crippen LogP contribution in [-0.2, 0) is 16.3 Å². The smallest absolute Gasteiger partial charge is 0.274 e. The Morgan fingerprint density at radius 1 is 1.24 bits per heavy atom. The van der Waals surface area contributed by atoms with Gasteiger partial charge < -0.3 is 10.6 Å². The highest BCUT2D eigenvalue weighted by Crippen LogP contribution is 2.17. The van der Waals surface area contributed by atoms with Crippen molar-refractivity contribution in [2.24, 2.45) is 0 Å². The van der Waals surface area contributed by atoms with Crippen LogP contribution in [0, 0.1) is 0 Å². The lowest BCUT2D eigenvalue weighted by atomic mass is 10.1. The molecule has 0 aliphatic carbocycles. The molecule has 2 heterocycles. The summed E-state index contributed by atoms with van der Waals surface area (Å²) in [6, 6.07) is 8.96. The summed E-state index contributed by atoms with van der Waals surface area (Å²) in [5, 5.41) is 5.85. The Labute approximate surface area is 146 Å². The molecule has 1 fully saturated rings. The van der Waals surface area contributed by atoms with Gasteiger partial charge in [0, 0.05) is 17.8 Å². The molecule has 2 N–H and O–H groups in total. The second kappa shape index (κ2) is 7.18. The van der Waals surface area contributed by atoms with Gasteiger partial charge in [0.1, 0.15) is 17.8 Å². The van der Waals surface area contributed by atoms with Crippen LogP contribution >= 0.6 is 0 Å². The van der Waals surface area contributed by atoms with Crippen molar-refractivity contribution in [2.45, 2.75) is 25.8 Å². The first-order valence-corrected chi connectivity index (χ1v) is 9.96.